The number of carboxylic acid groups (broad SMARTS) is 1. The molecule has 1 rings (SSSR count). The maximum Gasteiger partial charge on any atom is 0.328 e. The van der Waals surface area contributed by atoms with Crippen molar-refractivity contribution in [1.82, 2.24) is 0 Å². The van der Waals surface area contributed by atoms with E-state index in [9.17, 15) is 13.6 Å². The van der Waals surface area contributed by atoms with Crippen molar-refractivity contribution in [2.75, 3.05) is 54.2 Å². The third kappa shape index (κ3) is 8.31. The number of hydrogen-bond donors (Lipinski definition) is 1. The summed E-state index contributed by atoms with van der Waals surface area (Å²) in [6, 6.07) is 1.10. The molecular weight excluding hydrogens is 370 g/mol. The van der Waals surface area contributed by atoms with Gasteiger partial charge in [-0.05, 0) is 12.1 Å². The summed E-state index contributed by atoms with van der Waals surface area (Å²) < 4.78 is 58.7. The molecule has 0 aliphatic heterocycles. The molecule has 27 heavy (non-hydrogen) atoms. The molecule has 0 saturated carbocycles. The van der Waals surface area contributed by atoms with E-state index in [1.54, 1.807) is 0 Å². The van der Waals surface area contributed by atoms with Gasteiger partial charge in [-0.15, -0.1) is 0 Å². The Balaban J connectivity index is 2.94. The van der Waals surface area contributed by atoms with Crippen LogP contribution in [0.4, 0.5) is 8.78 Å². The van der Waals surface area contributed by atoms with E-state index in [1.165, 1.54) is 14.2 Å². The number of carboxylic acids is 1. The van der Waals surface area contributed by atoms with Crippen molar-refractivity contribution in [3.8, 4) is 11.5 Å². The Kier molecular flexibility index (Phi) is 10.9. The molecule has 152 valence electrons. The van der Waals surface area contributed by atoms with Crippen LogP contribution in [0.5, 0.6) is 11.5 Å². The molecule has 0 heterocycles. The summed E-state index contributed by atoms with van der Waals surface area (Å²) in [5.41, 5.74) is -0.325. The molecule has 0 aliphatic carbocycles. The van der Waals surface area contributed by atoms with Gasteiger partial charge in [0, 0.05) is 25.9 Å². The Hall–Kier alpha value is -2.27. The zero-order valence-electron chi connectivity index (χ0n) is 15.0. The molecule has 1 aromatic rings. The monoisotopic (exact) mass is 392 g/mol. The van der Waals surface area contributed by atoms with E-state index in [0.717, 1.165) is 12.1 Å². The predicted octanol–water partition coefficient (Wildman–Crippen LogP) is 2.06. The molecule has 1 aromatic carbocycles. The average Bonchev–Trinajstić information content (AvgIpc) is 2.64. The number of halogens is 2. The topological polar surface area (TPSA) is 92.7 Å². The Bertz CT molecular complexity index is 621. The van der Waals surface area contributed by atoms with E-state index in [1.807, 2.05) is 0 Å². The molecule has 0 spiro atoms. The summed E-state index contributed by atoms with van der Waals surface area (Å²) in [5.74, 6) is -4.64. The van der Waals surface area contributed by atoms with E-state index in [2.05, 4.69) is 0 Å². The van der Waals surface area contributed by atoms with E-state index in [-0.39, 0.29) is 38.1 Å². The molecule has 0 aromatic heterocycles. The molecule has 8 nitrogen and oxygen atoms in total. The molecule has 0 bridgehead atoms. The van der Waals surface area contributed by atoms with Gasteiger partial charge >= 0.3 is 5.97 Å². The number of methoxy groups -OCH3 is 2. The molecule has 0 amide bonds. The maximum absolute atomic E-state index is 14.4. The highest BCUT2D eigenvalue weighted by Crippen LogP contribution is 2.35. The lowest BCUT2D eigenvalue weighted by molar-refractivity contribution is -0.131. The van der Waals surface area contributed by atoms with E-state index < -0.39 is 23.4 Å². The van der Waals surface area contributed by atoms with Crippen LogP contribution in [0.25, 0.3) is 6.08 Å². The van der Waals surface area contributed by atoms with Crippen molar-refractivity contribution in [2.24, 2.45) is 0 Å². The fourth-order valence-corrected chi connectivity index (χ4v) is 1.74. The lowest BCUT2D eigenvalue weighted by Gasteiger charge is -2.15. The van der Waals surface area contributed by atoms with Crippen LogP contribution < -0.4 is 9.47 Å². The molecule has 10 heteroatoms. The SMILES string of the molecule is COCCOCOc1cc(C=CC(=O)O)c(F)c(F)c1OCOCCOC. The molecule has 0 radical (unpaired) electrons. The second-order valence-electron chi connectivity index (χ2n) is 4.92. The van der Waals surface area contributed by atoms with Gasteiger partial charge in [0.2, 0.25) is 11.6 Å². The standard InChI is InChI=1S/C17H22F2O8/c1-22-5-7-24-10-26-13-9-12(3-4-14(20)21)15(18)16(19)17(13)27-11-25-8-6-23-2/h3-4,9H,5-8,10-11H2,1-2H3,(H,20,21). The summed E-state index contributed by atoms with van der Waals surface area (Å²) >= 11 is 0. The Labute approximate surface area is 155 Å². The largest absolute Gasteiger partial charge is 0.478 e. The van der Waals surface area contributed by atoms with Crippen molar-refractivity contribution in [3.63, 3.8) is 0 Å². The second kappa shape index (κ2) is 13.0. The highest BCUT2D eigenvalue weighted by Gasteiger charge is 2.20. The molecule has 0 unspecified atom stereocenters. The van der Waals surface area contributed by atoms with Crippen LogP contribution in [0.1, 0.15) is 5.56 Å². The summed E-state index contributed by atoms with van der Waals surface area (Å²) in [7, 11) is 2.98. The summed E-state index contributed by atoms with van der Waals surface area (Å²) in [6.45, 7) is 0.390. The van der Waals surface area contributed by atoms with Crippen molar-refractivity contribution in [1.29, 1.82) is 0 Å². The van der Waals surface area contributed by atoms with Crippen LogP contribution in [0.15, 0.2) is 12.1 Å². The first-order valence-corrected chi connectivity index (χ1v) is 7.83. The first-order chi connectivity index (χ1) is 13.0. The number of ether oxygens (including phenoxy) is 6. The van der Waals surface area contributed by atoms with E-state index >= 15 is 0 Å². The zero-order chi connectivity index (χ0) is 20.1. The number of aliphatic carboxylic acids is 1. The molecule has 0 saturated heterocycles. The van der Waals surface area contributed by atoms with E-state index in [4.69, 9.17) is 33.5 Å². The zero-order valence-corrected chi connectivity index (χ0v) is 15.0. The number of benzene rings is 1. The normalized spacial score (nSPS) is 11.1. The minimum atomic E-state index is -1.34. The number of carbonyl (C=O) groups is 1. The summed E-state index contributed by atoms with van der Waals surface area (Å²) in [4.78, 5) is 10.6. The molecule has 0 fully saturated rings. The fourth-order valence-electron chi connectivity index (χ4n) is 1.74. The predicted molar refractivity (Wildman–Crippen MR) is 89.7 cm³/mol. The summed E-state index contributed by atoms with van der Waals surface area (Å²) in [5, 5.41) is 8.65. The lowest BCUT2D eigenvalue weighted by atomic mass is 10.1. The van der Waals surface area contributed by atoms with Gasteiger partial charge in [0.15, 0.2) is 25.2 Å². The third-order valence-electron chi connectivity index (χ3n) is 3.01. The van der Waals surface area contributed by atoms with Crippen LogP contribution in [0, 0.1) is 11.6 Å². The Morgan fingerprint density at radius 2 is 1.59 bits per heavy atom. The first kappa shape index (κ1) is 22.8. The molecule has 0 atom stereocenters. The van der Waals surface area contributed by atoms with Crippen LogP contribution in [0.3, 0.4) is 0 Å². The first-order valence-electron chi connectivity index (χ1n) is 7.83. The Morgan fingerprint density at radius 3 is 2.15 bits per heavy atom. The fraction of sp³-hybridized carbons (Fsp3) is 0.471. The smallest absolute Gasteiger partial charge is 0.328 e. The van der Waals surface area contributed by atoms with Gasteiger partial charge in [-0.1, -0.05) is 0 Å². The van der Waals surface area contributed by atoms with Crippen molar-refractivity contribution in [3.05, 3.63) is 29.3 Å². The number of hydrogen-bond acceptors (Lipinski definition) is 7. The van der Waals surface area contributed by atoms with Gasteiger partial charge in [0.25, 0.3) is 0 Å². The van der Waals surface area contributed by atoms with Crippen LogP contribution >= 0.6 is 0 Å². The maximum atomic E-state index is 14.4. The highest BCUT2D eigenvalue weighted by molar-refractivity contribution is 5.85. The van der Waals surface area contributed by atoms with Gasteiger partial charge in [-0.25, -0.2) is 9.18 Å². The van der Waals surface area contributed by atoms with Gasteiger partial charge in [0.1, 0.15) is 0 Å². The minimum Gasteiger partial charge on any atom is -0.478 e. The quantitative estimate of drug-likeness (QED) is 0.292. The third-order valence-corrected chi connectivity index (χ3v) is 3.01. The van der Waals surface area contributed by atoms with Gasteiger partial charge < -0.3 is 33.5 Å². The Morgan fingerprint density at radius 1 is 1.00 bits per heavy atom. The minimum absolute atomic E-state index is 0.174. The van der Waals surface area contributed by atoms with Crippen LogP contribution in [-0.2, 0) is 23.7 Å². The lowest BCUT2D eigenvalue weighted by Crippen LogP contribution is -2.12. The van der Waals surface area contributed by atoms with Gasteiger partial charge in [-0.3, -0.25) is 0 Å². The van der Waals surface area contributed by atoms with Gasteiger partial charge in [0.05, 0.1) is 26.4 Å². The van der Waals surface area contributed by atoms with Crippen molar-refractivity contribution < 1.29 is 47.1 Å². The van der Waals surface area contributed by atoms with Crippen molar-refractivity contribution >= 4 is 12.0 Å². The van der Waals surface area contributed by atoms with Crippen LogP contribution in [0.2, 0.25) is 0 Å². The second-order valence-corrected chi connectivity index (χ2v) is 4.92. The van der Waals surface area contributed by atoms with Crippen LogP contribution in [-0.4, -0.2) is 65.3 Å². The summed E-state index contributed by atoms with van der Waals surface area (Å²) in [6.07, 6.45) is 1.57. The van der Waals surface area contributed by atoms with Crippen molar-refractivity contribution in [2.45, 2.75) is 0 Å². The molecule has 0 aliphatic rings. The highest BCUT2D eigenvalue weighted by atomic mass is 19.2. The number of rotatable bonds is 14. The molecular formula is C17H22F2O8. The van der Waals surface area contributed by atoms with E-state index in [0.29, 0.717) is 19.3 Å². The average molecular weight is 392 g/mol. The van der Waals surface area contributed by atoms with Gasteiger partial charge in [-0.2, -0.15) is 4.39 Å². The molecule has 1 N–H and O–H groups in total.